The van der Waals surface area contributed by atoms with Crippen molar-refractivity contribution in [2.75, 3.05) is 13.1 Å². The highest BCUT2D eigenvalue weighted by molar-refractivity contribution is 6.06. The first kappa shape index (κ1) is 16.2. The summed E-state index contributed by atoms with van der Waals surface area (Å²) in [6, 6.07) is 7.35. The Hall–Kier alpha value is -2.63. The maximum absolute atomic E-state index is 11.3. The fourth-order valence-corrected chi connectivity index (χ4v) is 3.16. The molecule has 1 aromatic rings. The lowest BCUT2D eigenvalue weighted by atomic mass is 9.83. The molecule has 0 spiro atoms. The van der Waals surface area contributed by atoms with Crippen molar-refractivity contribution in [3.63, 3.8) is 0 Å². The summed E-state index contributed by atoms with van der Waals surface area (Å²) in [4.78, 5) is 29.5. The summed E-state index contributed by atoms with van der Waals surface area (Å²) < 4.78 is 5.27. The molecule has 0 radical (unpaired) electrons. The van der Waals surface area contributed by atoms with Crippen molar-refractivity contribution in [3.8, 4) is 5.75 Å². The Morgan fingerprint density at radius 3 is 2.54 bits per heavy atom. The summed E-state index contributed by atoms with van der Waals surface area (Å²) in [6.45, 7) is 4.62. The Labute approximate surface area is 140 Å². The number of para-hydroxylation sites is 1. The van der Waals surface area contributed by atoms with Crippen LogP contribution < -0.4 is 4.74 Å². The number of rotatable bonds is 3. The van der Waals surface area contributed by atoms with E-state index in [2.05, 4.69) is 10.1 Å². The first-order valence-corrected chi connectivity index (χ1v) is 8.04. The molecule has 6 nitrogen and oxygen atoms in total. The molecule has 0 amide bonds. The number of carbonyl (C=O) groups excluding carboxylic acids is 2. The zero-order chi connectivity index (χ0) is 17.1. The fourth-order valence-electron chi connectivity index (χ4n) is 3.16. The van der Waals surface area contributed by atoms with E-state index in [0.717, 1.165) is 42.9 Å². The minimum absolute atomic E-state index is 0.293. The summed E-state index contributed by atoms with van der Waals surface area (Å²) in [5, 5.41) is 4.08. The Balaban J connectivity index is 1.99. The third-order valence-electron chi connectivity index (χ3n) is 4.22. The van der Waals surface area contributed by atoms with Crippen molar-refractivity contribution in [1.29, 1.82) is 0 Å². The van der Waals surface area contributed by atoms with Gasteiger partial charge in [-0.15, -0.1) is 0 Å². The van der Waals surface area contributed by atoms with Gasteiger partial charge in [0, 0.05) is 38.4 Å². The molecule has 0 aliphatic carbocycles. The molecular formula is C18H20N2O4. The van der Waals surface area contributed by atoms with Gasteiger partial charge in [-0.3, -0.25) is 4.79 Å². The van der Waals surface area contributed by atoms with E-state index in [1.54, 1.807) is 6.07 Å². The van der Waals surface area contributed by atoms with Crippen molar-refractivity contribution in [2.24, 2.45) is 11.1 Å². The van der Waals surface area contributed by atoms with Gasteiger partial charge in [0.2, 0.25) is 0 Å². The lowest BCUT2D eigenvalue weighted by Crippen LogP contribution is -2.46. The molecule has 4 rings (SSSR count). The summed E-state index contributed by atoms with van der Waals surface area (Å²) in [6.07, 6.45) is 3.96. The van der Waals surface area contributed by atoms with Crippen LogP contribution in [-0.2, 0) is 14.4 Å². The average Bonchev–Trinajstić information content (AvgIpc) is 2.56. The summed E-state index contributed by atoms with van der Waals surface area (Å²) >= 11 is 0. The van der Waals surface area contributed by atoms with Crippen LogP contribution in [0.5, 0.6) is 5.75 Å². The molecule has 0 aromatic heterocycles. The Kier molecular flexibility index (Phi) is 4.64. The normalized spacial score (nSPS) is 20.5. The van der Waals surface area contributed by atoms with E-state index in [1.165, 1.54) is 13.8 Å². The number of fused-ring (bicyclic) bond motifs is 3. The van der Waals surface area contributed by atoms with Gasteiger partial charge in [0.1, 0.15) is 11.5 Å². The molecule has 3 saturated heterocycles. The van der Waals surface area contributed by atoms with Crippen LogP contribution >= 0.6 is 0 Å². The number of piperidine rings is 3. The fraction of sp³-hybridized carbons (Fsp3) is 0.389. The van der Waals surface area contributed by atoms with E-state index in [-0.39, 0.29) is 5.97 Å². The number of benzene rings is 1. The molecule has 0 atom stereocenters. The van der Waals surface area contributed by atoms with Crippen LogP contribution in [0, 0.1) is 5.92 Å². The van der Waals surface area contributed by atoms with Crippen molar-refractivity contribution in [1.82, 2.24) is 4.90 Å². The lowest BCUT2D eigenvalue weighted by Gasteiger charge is -2.42. The molecule has 0 unspecified atom stereocenters. The molecule has 3 aliphatic heterocycles. The molecule has 0 N–H and O–H groups in total. The van der Waals surface area contributed by atoms with Gasteiger partial charge in [-0.2, -0.15) is 0 Å². The van der Waals surface area contributed by atoms with Gasteiger partial charge in [0.15, 0.2) is 0 Å². The third kappa shape index (κ3) is 3.48. The number of nitrogens with zero attached hydrogens (tertiary/aromatic N) is 2. The maximum atomic E-state index is 11.3. The van der Waals surface area contributed by atoms with Crippen LogP contribution in [0.1, 0.15) is 32.3 Å². The molecule has 6 heteroatoms. The van der Waals surface area contributed by atoms with Crippen molar-refractivity contribution < 1.29 is 19.2 Å². The number of esters is 1. The van der Waals surface area contributed by atoms with Crippen LogP contribution in [0.3, 0.4) is 0 Å². The zero-order valence-corrected chi connectivity index (χ0v) is 13.8. The molecule has 2 bridgehead atoms. The summed E-state index contributed by atoms with van der Waals surface area (Å²) in [5.41, 5.74) is 2.52. The van der Waals surface area contributed by atoms with Crippen molar-refractivity contribution in [3.05, 3.63) is 35.5 Å². The highest BCUT2D eigenvalue weighted by Crippen LogP contribution is 2.34. The molecule has 3 fully saturated rings. The second-order valence-electron chi connectivity index (χ2n) is 5.98. The SMILES string of the molecule is CC(=O)ON=C1C(=Cc2ccccc2OC(C)=O)N2CCC1CC2. The van der Waals surface area contributed by atoms with E-state index in [9.17, 15) is 9.59 Å². The Morgan fingerprint density at radius 1 is 1.17 bits per heavy atom. The predicted octanol–water partition coefficient (Wildman–Crippen LogP) is 2.60. The molecule has 3 heterocycles. The minimum Gasteiger partial charge on any atom is -0.426 e. The van der Waals surface area contributed by atoms with E-state index in [0.29, 0.717) is 11.7 Å². The van der Waals surface area contributed by atoms with E-state index in [1.807, 2.05) is 24.3 Å². The summed E-state index contributed by atoms with van der Waals surface area (Å²) in [5.74, 6) is 0.00667. The highest BCUT2D eigenvalue weighted by atomic mass is 16.7. The van der Waals surface area contributed by atoms with Gasteiger partial charge >= 0.3 is 11.9 Å². The van der Waals surface area contributed by atoms with Gasteiger partial charge in [0.25, 0.3) is 0 Å². The van der Waals surface area contributed by atoms with E-state index < -0.39 is 5.97 Å². The molecule has 24 heavy (non-hydrogen) atoms. The second-order valence-corrected chi connectivity index (χ2v) is 5.98. The highest BCUT2D eigenvalue weighted by Gasteiger charge is 2.35. The van der Waals surface area contributed by atoms with Crippen molar-refractivity contribution in [2.45, 2.75) is 26.7 Å². The molecule has 0 saturated carbocycles. The Morgan fingerprint density at radius 2 is 1.88 bits per heavy atom. The average molecular weight is 328 g/mol. The molecular weight excluding hydrogens is 308 g/mol. The van der Waals surface area contributed by atoms with Crippen LogP contribution in [0.4, 0.5) is 0 Å². The van der Waals surface area contributed by atoms with Gasteiger partial charge in [-0.25, -0.2) is 4.79 Å². The number of hydrogen-bond acceptors (Lipinski definition) is 6. The third-order valence-corrected chi connectivity index (χ3v) is 4.22. The number of oxime groups is 1. The van der Waals surface area contributed by atoms with Crippen LogP contribution in [0.2, 0.25) is 0 Å². The molecule has 3 aliphatic rings. The standard InChI is InChI=1S/C18H20N2O4/c1-12(21)23-17-6-4-3-5-15(17)11-16-18(19-24-13(2)22)14-7-9-20(16)10-8-14/h3-6,11,14H,7-10H2,1-2H3. The largest absolute Gasteiger partial charge is 0.426 e. The number of ether oxygens (including phenoxy) is 1. The Bertz CT molecular complexity index is 715. The quantitative estimate of drug-likeness (QED) is 0.369. The van der Waals surface area contributed by atoms with Gasteiger partial charge in [-0.1, -0.05) is 23.4 Å². The predicted molar refractivity (Wildman–Crippen MR) is 89.2 cm³/mol. The number of carbonyl (C=O) groups is 2. The van der Waals surface area contributed by atoms with Crippen LogP contribution in [-0.4, -0.2) is 35.6 Å². The molecule has 126 valence electrons. The van der Waals surface area contributed by atoms with Crippen LogP contribution in [0.15, 0.2) is 35.1 Å². The topological polar surface area (TPSA) is 68.2 Å². The summed E-state index contributed by atoms with van der Waals surface area (Å²) in [7, 11) is 0. The van der Waals surface area contributed by atoms with E-state index in [4.69, 9.17) is 9.57 Å². The zero-order valence-electron chi connectivity index (χ0n) is 13.8. The number of hydrogen-bond donors (Lipinski definition) is 0. The second kappa shape index (κ2) is 6.86. The van der Waals surface area contributed by atoms with Gasteiger partial charge in [0.05, 0.1) is 5.70 Å². The van der Waals surface area contributed by atoms with Crippen LogP contribution in [0.25, 0.3) is 6.08 Å². The van der Waals surface area contributed by atoms with Gasteiger partial charge in [-0.05, 0) is 25.0 Å². The number of allylic oxidation sites excluding steroid dienone is 1. The minimum atomic E-state index is -0.432. The monoisotopic (exact) mass is 328 g/mol. The first-order valence-electron chi connectivity index (χ1n) is 8.04. The smallest absolute Gasteiger partial charge is 0.331 e. The maximum Gasteiger partial charge on any atom is 0.331 e. The van der Waals surface area contributed by atoms with Crippen molar-refractivity contribution >= 4 is 23.7 Å². The van der Waals surface area contributed by atoms with Gasteiger partial charge < -0.3 is 14.5 Å². The molecule has 1 aromatic carbocycles. The van der Waals surface area contributed by atoms with E-state index >= 15 is 0 Å². The first-order chi connectivity index (χ1) is 11.5. The lowest BCUT2D eigenvalue weighted by molar-refractivity contribution is -0.141.